The maximum Gasteiger partial charge on any atom is 0.425 e. The van der Waals surface area contributed by atoms with E-state index in [9.17, 15) is 27.2 Å². The van der Waals surface area contributed by atoms with Crippen LogP contribution in [0.4, 0.5) is 39.1 Å². The topological polar surface area (TPSA) is 171 Å². The molecule has 5 rings (SSSR count). The minimum Gasteiger partial charge on any atom is -0.444 e. The van der Waals surface area contributed by atoms with Gasteiger partial charge in [0, 0.05) is 35.5 Å². The number of pyridine rings is 1. The van der Waals surface area contributed by atoms with Crippen LogP contribution in [0.2, 0.25) is 0 Å². The van der Waals surface area contributed by atoms with Gasteiger partial charge in [-0.05, 0) is 125 Å². The number of amides is 3. The highest BCUT2D eigenvalue weighted by atomic mass is 32.2. The fourth-order valence-corrected chi connectivity index (χ4v) is 8.13. The van der Waals surface area contributed by atoms with Crippen molar-refractivity contribution in [3.8, 4) is 11.3 Å². The molecule has 2 aromatic carbocycles. The Hall–Kier alpha value is -5.39. The van der Waals surface area contributed by atoms with Gasteiger partial charge < -0.3 is 19.5 Å². The van der Waals surface area contributed by atoms with Gasteiger partial charge >= 0.3 is 18.3 Å². The van der Waals surface area contributed by atoms with Crippen LogP contribution < -0.4 is 14.9 Å². The van der Waals surface area contributed by atoms with Crippen molar-refractivity contribution < 1.29 is 50.2 Å². The molecule has 0 spiro atoms. The zero-order valence-corrected chi connectivity index (χ0v) is 37.2. The molecule has 1 fully saturated rings. The van der Waals surface area contributed by atoms with Crippen LogP contribution in [0.15, 0.2) is 42.6 Å². The molecule has 2 aromatic heterocycles. The summed E-state index contributed by atoms with van der Waals surface area (Å²) in [5, 5.41) is 7.69. The molecule has 1 aliphatic rings. The lowest BCUT2D eigenvalue weighted by molar-refractivity contribution is 0.0425. The number of ether oxygens (including phenoxy) is 3. The molecule has 61 heavy (non-hydrogen) atoms. The first kappa shape index (κ1) is 46.7. The van der Waals surface area contributed by atoms with Gasteiger partial charge in [-0.2, -0.15) is 10.00 Å². The summed E-state index contributed by atoms with van der Waals surface area (Å²) in [7, 11) is -4.44. The Labute approximate surface area is 354 Å². The molecule has 0 aliphatic heterocycles. The number of hydrogen-bond donors (Lipinski definition) is 2. The standard InChI is InChI=1S/C43H55F3N6O8S/c1-24(2)52-36-29(25-16-18-27(19-17-25)48-38(53)58-41(3,4)5)22-47-37(51(39(54)59-42(6,7)8)40(55)60-43(9,10)11)34(36)35(49-52)28-20-32(46)33(21-31(28)45)50-61(56,57)23-26-14-12-13-15-30(26)44/h12-15,20-22,24-25,27,50H,16-19,23H2,1-11H3,(H,48,53). The van der Waals surface area contributed by atoms with Crippen molar-refractivity contribution in [2.75, 3.05) is 9.62 Å². The minimum absolute atomic E-state index is 0.0110. The molecule has 0 saturated heterocycles. The second-order valence-corrected chi connectivity index (χ2v) is 20.1. The van der Waals surface area contributed by atoms with Crippen molar-refractivity contribution in [3.63, 3.8) is 0 Å². The normalized spacial score (nSPS) is 16.3. The summed E-state index contributed by atoms with van der Waals surface area (Å²) >= 11 is 0. The summed E-state index contributed by atoms with van der Waals surface area (Å²) < 4.78 is 93.4. The van der Waals surface area contributed by atoms with E-state index < -0.39 is 85.6 Å². The van der Waals surface area contributed by atoms with Gasteiger partial charge in [-0.3, -0.25) is 9.40 Å². The largest absolute Gasteiger partial charge is 0.444 e. The van der Waals surface area contributed by atoms with Gasteiger partial charge in [0.05, 0.1) is 22.3 Å². The highest BCUT2D eigenvalue weighted by Crippen LogP contribution is 2.44. The van der Waals surface area contributed by atoms with E-state index in [1.54, 1.807) is 67.0 Å². The van der Waals surface area contributed by atoms with Gasteiger partial charge in [-0.15, -0.1) is 0 Å². The highest BCUT2D eigenvalue weighted by molar-refractivity contribution is 7.91. The van der Waals surface area contributed by atoms with Crippen molar-refractivity contribution in [2.24, 2.45) is 0 Å². The molecule has 4 aromatic rings. The molecule has 2 heterocycles. The summed E-state index contributed by atoms with van der Waals surface area (Å²) in [6.45, 7) is 18.6. The van der Waals surface area contributed by atoms with Crippen molar-refractivity contribution in [1.82, 2.24) is 20.1 Å². The summed E-state index contributed by atoms with van der Waals surface area (Å²) in [5.74, 6) is -4.49. The molecule has 3 amide bonds. The summed E-state index contributed by atoms with van der Waals surface area (Å²) in [6.07, 6.45) is 0.898. The number of rotatable bonds is 9. The molecule has 14 nitrogen and oxygen atoms in total. The van der Waals surface area contributed by atoms with Gasteiger partial charge in [0.25, 0.3) is 0 Å². The first-order valence-corrected chi connectivity index (χ1v) is 21.7. The third kappa shape index (κ3) is 11.7. The molecular formula is C43H55F3N6O8S. The number of sulfonamides is 1. The second-order valence-electron chi connectivity index (χ2n) is 18.4. The number of fused-ring (bicyclic) bond motifs is 1. The zero-order chi connectivity index (χ0) is 45.4. The first-order valence-electron chi connectivity index (χ1n) is 20.0. The Morgan fingerprint density at radius 2 is 1.41 bits per heavy atom. The number of hydrogen-bond acceptors (Lipinski definition) is 10. The number of aromatic nitrogens is 3. The van der Waals surface area contributed by atoms with Crippen LogP contribution in [-0.4, -0.2) is 64.3 Å². The highest BCUT2D eigenvalue weighted by Gasteiger charge is 2.39. The number of anilines is 2. The molecule has 1 aliphatic carbocycles. The minimum atomic E-state index is -4.44. The first-order chi connectivity index (χ1) is 28.1. The van der Waals surface area contributed by atoms with E-state index in [1.807, 2.05) is 18.6 Å². The van der Waals surface area contributed by atoms with Crippen LogP contribution in [0.1, 0.15) is 125 Å². The van der Waals surface area contributed by atoms with Gasteiger partial charge in [-0.1, -0.05) is 18.2 Å². The Bertz CT molecular complexity index is 2380. The maximum absolute atomic E-state index is 16.5. The smallest absolute Gasteiger partial charge is 0.425 e. The average molecular weight is 873 g/mol. The fraction of sp³-hybridized carbons (Fsp3) is 0.512. The molecule has 332 valence electrons. The van der Waals surface area contributed by atoms with Crippen molar-refractivity contribution >= 4 is 50.7 Å². The quantitative estimate of drug-likeness (QED) is 0.154. The number of carbonyl (C=O) groups is 3. The Morgan fingerprint density at radius 1 is 0.836 bits per heavy atom. The zero-order valence-electron chi connectivity index (χ0n) is 36.4. The number of nitrogens with zero attached hydrogens (tertiary/aromatic N) is 4. The van der Waals surface area contributed by atoms with Crippen LogP contribution in [-0.2, 0) is 30.0 Å². The number of imide groups is 1. The summed E-state index contributed by atoms with van der Waals surface area (Å²) in [4.78, 5) is 45.9. The van der Waals surface area contributed by atoms with Gasteiger partial charge in [0.1, 0.15) is 39.9 Å². The Morgan fingerprint density at radius 3 is 1.95 bits per heavy atom. The monoisotopic (exact) mass is 872 g/mol. The van der Waals surface area contributed by atoms with Crippen LogP contribution in [0.3, 0.4) is 0 Å². The van der Waals surface area contributed by atoms with E-state index in [1.165, 1.54) is 24.4 Å². The lowest BCUT2D eigenvalue weighted by Gasteiger charge is -2.31. The van der Waals surface area contributed by atoms with Crippen molar-refractivity contribution in [3.05, 3.63) is 71.2 Å². The van der Waals surface area contributed by atoms with Crippen LogP contribution in [0, 0.1) is 17.5 Å². The lowest BCUT2D eigenvalue weighted by atomic mass is 9.81. The molecule has 0 radical (unpaired) electrons. The predicted molar refractivity (Wildman–Crippen MR) is 225 cm³/mol. The van der Waals surface area contributed by atoms with E-state index in [4.69, 9.17) is 19.3 Å². The molecular weight excluding hydrogens is 818 g/mol. The Kier molecular flexibility index (Phi) is 13.4. The maximum atomic E-state index is 16.5. The molecule has 0 unspecified atom stereocenters. The average Bonchev–Trinajstić information content (AvgIpc) is 3.50. The van der Waals surface area contributed by atoms with Gasteiger partial charge in [0.15, 0.2) is 5.82 Å². The summed E-state index contributed by atoms with van der Waals surface area (Å²) in [6, 6.07) is 5.94. The third-order valence-electron chi connectivity index (χ3n) is 9.36. The SMILES string of the molecule is CC(C)n1nc(-c2cc(F)c(NS(=O)(=O)Cc3ccccc3F)cc2F)c2c(N(C(=O)OC(C)(C)C)C(=O)OC(C)(C)C)ncc(C3CCC(NC(=O)OC(C)(C)C)CC3)c21. The molecule has 0 bridgehead atoms. The predicted octanol–water partition coefficient (Wildman–Crippen LogP) is 10.3. The number of nitrogens with one attached hydrogen (secondary N) is 2. The van der Waals surface area contributed by atoms with E-state index in [2.05, 4.69) is 10.3 Å². The van der Waals surface area contributed by atoms with Crippen molar-refractivity contribution in [2.45, 2.75) is 142 Å². The fourth-order valence-electron chi connectivity index (χ4n) is 6.93. The number of benzene rings is 2. The number of halogens is 3. The van der Waals surface area contributed by atoms with Crippen LogP contribution in [0.25, 0.3) is 22.2 Å². The number of alkyl carbamates (subject to hydrolysis) is 1. The molecule has 18 heteroatoms. The van der Waals surface area contributed by atoms with E-state index >= 15 is 8.78 Å². The van der Waals surface area contributed by atoms with Crippen molar-refractivity contribution in [1.29, 1.82) is 0 Å². The van der Waals surface area contributed by atoms with Crippen LogP contribution in [0.5, 0.6) is 0 Å². The Balaban J connectivity index is 1.69. The molecule has 0 atom stereocenters. The van der Waals surface area contributed by atoms with E-state index in [0.29, 0.717) is 47.7 Å². The van der Waals surface area contributed by atoms with E-state index in [0.717, 1.165) is 12.1 Å². The third-order valence-corrected chi connectivity index (χ3v) is 10.6. The number of carbonyl (C=O) groups excluding carboxylic acids is 3. The van der Waals surface area contributed by atoms with Gasteiger partial charge in [0.2, 0.25) is 10.0 Å². The molecule has 2 N–H and O–H groups in total. The summed E-state index contributed by atoms with van der Waals surface area (Å²) in [5.41, 5.74) is -3.47. The van der Waals surface area contributed by atoms with E-state index in [-0.39, 0.29) is 34.4 Å². The van der Waals surface area contributed by atoms with Crippen LogP contribution >= 0.6 is 0 Å². The van der Waals surface area contributed by atoms with Gasteiger partial charge in [-0.25, -0.2) is 41.0 Å². The second kappa shape index (κ2) is 17.5. The lowest BCUT2D eigenvalue weighted by Crippen LogP contribution is -2.44. The molecule has 1 saturated carbocycles.